The molecule has 1 aliphatic heterocycles. The van der Waals surface area contributed by atoms with Crippen LogP contribution in [0, 0.1) is 11.8 Å². The largest absolute Gasteiger partial charge is 0.385 e. The number of methoxy groups -OCH3 is 1. The maximum Gasteiger partial charge on any atom is 0.259 e. The van der Waals surface area contributed by atoms with E-state index in [2.05, 4.69) is 50.2 Å². The van der Waals surface area contributed by atoms with Crippen molar-refractivity contribution in [2.45, 2.75) is 65.8 Å². The number of ether oxygens (including phenoxy) is 1. The Kier molecular flexibility index (Phi) is 9.58. The molecule has 1 aliphatic rings. The van der Waals surface area contributed by atoms with E-state index in [1.165, 1.54) is 0 Å². The smallest absolute Gasteiger partial charge is 0.259 e. The van der Waals surface area contributed by atoms with E-state index in [9.17, 15) is 9.59 Å². The van der Waals surface area contributed by atoms with Gasteiger partial charge in [-0.05, 0) is 25.7 Å². The molecule has 180 valence electrons. The molecular weight excluding hydrogens is 406 g/mol. The van der Waals surface area contributed by atoms with Crippen LogP contribution < -0.4 is 10.6 Å². The molecular formula is C24H41N5O3. The van der Waals surface area contributed by atoms with Crippen molar-refractivity contribution < 1.29 is 14.3 Å². The summed E-state index contributed by atoms with van der Waals surface area (Å²) >= 11 is 0. The normalized spacial score (nSPS) is 19.1. The van der Waals surface area contributed by atoms with Gasteiger partial charge >= 0.3 is 0 Å². The van der Waals surface area contributed by atoms with Crippen LogP contribution in [-0.4, -0.2) is 72.5 Å². The first kappa shape index (κ1) is 26.2. The van der Waals surface area contributed by atoms with Gasteiger partial charge in [-0.2, -0.15) is 0 Å². The van der Waals surface area contributed by atoms with Gasteiger partial charge in [-0.25, -0.2) is 9.97 Å². The third-order valence-electron chi connectivity index (χ3n) is 5.67. The second-order valence-corrected chi connectivity index (χ2v) is 10.2. The Labute approximate surface area is 192 Å². The standard InChI is InChI=1S/C24H41N5O3/c1-16(2)15-29(19-11-18(17(3)30)12-25-13-19)22(31)20-14-27-23(24(4,5)6)28-21(20)26-9-8-10-32-7/h14,16,18-19,25H,8-13,15H2,1-7H3,(H,26,27,28). The molecule has 1 aromatic heterocycles. The van der Waals surface area contributed by atoms with Crippen LogP contribution in [0.1, 0.15) is 70.6 Å². The summed E-state index contributed by atoms with van der Waals surface area (Å²) in [6.07, 6.45) is 3.14. The van der Waals surface area contributed by atoms with E-state index in [1.807, 2.05) is 4.90 Å². The van der Waals surface area contributed by atoms with Crippen molar-refractivity contribution in [3.8, 4) is 0 Å². The predicted octanol–water partition coefficient (Wildman–Crippen LogP) is 2.89. The first-order valence-corrected chi connectivity index (χ1v) is 11.7. The first-order valence-electron chi connectivity index (χ1n) is 11.7. The molecule has 0 aromatic carbocycles. The third-order valence-corrected chi connectivity index (χ3v) is 5.67. The number of nitrogens with one attached hydrogen (secondary N) is 2. The summed E-state index contributed by atoms with van der Waals surface area (Å²) in [5, 5.41) is 6.67. The summed E-state index contributed by atoms with van der Waals surface area (Å²) in [7, 11) is 1.67. The summed E-state index contributed by atoms with van der Waals surface area (Å²) in [5.74, 6) is 1.55. The fourth-order valence-corrected chi connectivity index (χ4v) is 3.87. The summed E-state index contributed by atoms with van der Waals surface area (Å²) in [6.45, 7) is 15.2. The van der Waals surface area contributed by atoms with Gasteiger partial charge in [0.05, 0.1) is 0 Å². The number of anilines is 1. The Morgan fingerprint density at radius 3 is 2.62 bits per heavy atom. The minimum absolute atomic E-state index is 0.0452. The van der Waals surface area contributed by atoms with Crippen molar-refractivity contribution in [1.82, 2.24) is 20.2 Å². The van der Waals surface area contributed by atoms with Gasteiger partial charge in [0.15, 0.2) is 0 Å². The van der Waals surface area contributed by atoms with Gasteiger partial charge < -0.3 is 20.3 Å². The highest BCUT2D eigenvalue weighted by atomic mass is 16.5. The zero-order chi connectivity index (χ0) is 23.9. The van der Waals surface area contributed by atoms with Crippen LogP contribution >= 0.6 is 0 Å². The number of nitrogens with zero attached hydrogens (tertiary/aromatic N) is 3. The van der Waals surface area contributed by atoms with Crippen LogP contribution in [0.5, 0.6) is 0 Å². The molecule has 1 aromatic rings. The molecule has 1 amide bonds. The topological polar surface area (TPSA) is 96.4 Å². The molecule has 0 spiro atoms. The molecule has 2 unspecified atom stereocenters. The van der Waals surface area contributed by atoms with Gasteiger partial charge in [-0.3, -0.25) is 9.59 Å². The highest BCUT2D eigenvalue weighted by Crippen LogP contribution is 2.25. The number of amides is 1. The molecule has 2 rings (SSSR count). The summed E-state index contributed by atoms with van der Waals surface area (Å²) in [6, 6.07) is -0.0452. The molecule has 0 bridgehead atoms. The van der Waals surface area contributed by atoms with Crippen LogP contribution in [0.3, 0.4) is 0 Å². The maximum atomic E-state index is 13.8. The molecule has 32 heavy (non-hydrogen) atoms. The Morgan fingerprint density at radius 2 is 2.03 bits per heavy atom. The molecule has 1 fully saturated rings. The maximum absolute atomic E-state index is 13.8. The van der Waals surface area contributed by atoms with Crippen molar-refractivity contribution in [1.29, 1.82) is 0 Å². The number of ketones is 1. The average molecular weight is 448 g/mol. The Balaban J connectivity index is 2.36. The highest BCUT2D eigenvalue weighted by Gasteiger charge is 2.33. The zero-order valence-corrected chi connectivity index (χ0v) is 20.8. The number of hydrogen-bond donors (Lipinski definition) is 2. The van der Waals surface area contributed by atoms with Crippen LogP contribution in [0.2, 0.25) is 0 Å². The molecule has 8 nitrogen and oxygen atoms in total. The first-order chi connectivity index (χ1) is 15.0. The van der Waals surface area contributed by atoms with Gasteiger partial charge in [-0.15, -0.1) is 0 Å². The number of carbonyl (C=O) groups excluding carboxylic acids is 2. The monoisotopic (exact) mass is 447 g/mol. The van der Waals surface area contributed by atoms with E-state index < -0.39 is 0 Å². The van der Waals surface area contributed by atoms with Crippen molar-refractivity contribution in [2.24, 2.45) is 11.8 Å². The minimum Gasteiger partial charge on any atom is -0.385 e. The number of hydrogen-bond acceptors (Lipinski definition) is 7. The van der Waals surface area contributed by atoms with Gasteiger partial charge in [-0.1, -0.05) is 34.6 Å². The molecule has 0 saturated carbocycles. The number of carbonyl (C=O) groups is 2. The molecule has 2 N–H and O–H groups in total. The summed E-state index contributed by atoms with van der Waals surface area (Å²) in [5.41, 5.74) is 0.241. The van der Waals surface area contributed by atoms with Gasteiger partial charge in [0.2, 0.25) is 0 Å². The van der Waals surface area contributed by atoms with Crippen molar-refractivity contribution in [3.63, 3.8) is 0 Å². The third kappa shape index (κ3) is 7.24. The number of Topliss-reactive ketones (excluding diaryl/α,β-unsaturated/α-hetero) is 1. The minimum atomic E-state index is -0.232. The van der Waals surface area contributed by atoms with Crippen LogP contribution in [0.4, 0.5) is 5.82 Å². The fraction of sp³-hybridized carbons (Fsp3) is 0.750. The van der Waals surface area contributed by atoms with Crippen molar-refractivity contribution in [2.75, 3.05) is 45.2 Å². The van der Waals surface area contributed by atoms with Crippen molar-refractivity contribution >= 4 is 17.5 Å². The lowest BCUT2D eigenvalue weighted by molar-refractivity contribution is -0.121. The fourth-order valence-electron chi connectivity index (χ4n) is 3.87. The Bertz CT molecular complexity index is 775. The lowest BCUT2D eigenvalue weighted by Gasteiger charge is -2.38. The van der Waals surface area contributed by atoms with Gasteiger partial charge in [0.25, 0.3) is 5.91 Å². The lowest BCUT2D eigenvalue weighted by Crippen LogP contribution is -2.53. The second-order valence-electron chi connectivity index (χ2n) is 10.2. The van der Waals surface area contributed by atoms with Crippen LogP contribution in [-0.2, 0) is 14.9 Å². The lowest BCUT2D eigenvalue weighted by atomic mass is 9.91. The SMILES string of the molecule is COCCCNc1nc(C(C)(C)C)ncc1C(=O)N(CC(C)C)C1CNCC(C(C)=O)C1. The van der Waals surface area contributed by atoms with E-state index >= 15 is 0 Å². The van der Waals surface area contributed by atoms with E-state index in [0.29, 0.717) is 62.3 Å². The summed E-state index contributed by atoms with van der Waals surface area (Å²) in [4.78, 5) is 37.0. The molecule has 2 heterocycles. The molecule has 2 atom stereocenters. The quantitative estimate of drug-likeness (QED) is 0.532. The van der Waals surface area contributed by atoms with E-state index in [-0.39, 0.29) is 29.1 Å². The van der Waals surface area contributed by atoms with E-state index in [4.69, 9.17) is 9.72 Å². The van der Waals surface area contributed by atoms with Crippen LogP contribution in [0.25, 0.3) is 0 Å². The number of rotatable bonds is 10. The Morgan fingerprint density at radius 1 is 1.31 bits per heavy atom. The highest BCUT2D eigenvalue weighted by molar-refractivity contribution is 5.98. The van der Waals surface area contributed by atoms with Gasteiger partial charge in [0.1, 0.15) is 23.0 Å². The number of piperidine rings is 1. The average Bonchev–Trinajstić information content (AvgIpc) is 2.73. The molecule has 8 heteroatoms. The second kappa shape index (κ2) is 11.7. The van der Waals surface area contributed by atoms with Crippen LogP contribution in [0.15, 0.2) is 6.20 Å². The van der Waals surface area contributed by atoms with Crippen molar-refractivity contribution in [3.05, 3.63) is 17.6 Å². The Hall–Kier alpha value is -2.06. The number of aromatic nitrogens is 2. The molecule has 1 saturated heterocycles. The molecule has 0 radical (unpaired) electrons. The zero-order valence-electron chi connectivity index (χ0n) is 20.8. The predicted molar refractivity (Wildman–Crippen MR) is 127 cm³/mol. The van der Waals surface area contributed by atoms with Gasteiger partial charge in [0, 0.05) is 63.5 Å². The molecule has 0 aliphatic carbocycles. The van der Waals surface area contributed by atoms with E-state index in [1.54, 1.807) is 20.2 Å². The summed E-state index contributed by atoms with van der Waals surface area (Å²) < 4.78 is 5.14. The van der Waals surface area contributed by atoms with E-state index in [0.717, 1.165) is 6.42 Å².